The molecule has 340 valence electrons. The Kier molecular flexibility index (Phi) is 11.5. The summed E-state index contributed by atoms with van der Waals surface area (Å²) in [6.45, 7) is 16.0. The minimum absolute atomic E-state index is 0.0889. The van der Waals surface area contributed by atoms with Gasteiger partial charge in [0, 0.05) is 18.8 Å². The van der Waals surface area contributed by atoms with Crippen molar-refractivity contribution in [1.82, 2.24) is 5.32 Å². The van der Waals surface area contributed by atoms with Crippen LogP contribution in [0.25, 0.3) is 0 Å². The number of benzene rings is 1. The highest BCUT2D eigenvalue weighted by Crippen LogP contribution is 2.66. The second-order valence-electron chi connectivity index (χ2n) is 19.8. The molecule has 5 fully saturated rings. The largest absolute Gasteiger partial charge is 0.509 e. The predicted molar refractivity (Wildman–Crippen MR) is 214 cm³/mol. The molecule has 1 aromatic carbocycles. The van der Waals surface area contributed by atoms with Gasteiger partial charge >= 0.3 is 30.2 Å². The van der Waals surface area contributed by atoms with E-state index in [9.17, 15) is 34.2 Å². The molecule has 3 saturated carbocycles. The van der Waals surface area contributed by atoms with Crippen molar-refractivity contribution in [2.45, 2.75) is 160 Å². The predicted octanol–water partition coefficient (Wildman–Crippen LogP) is 4.27. The first kappa shape index (κ1) is 45.3. The van der Waals surface area contributed by atoms with Gasteiger partial charge in [0.15, 0.2) is 41.9 Å². The number of alkyl carbamates (subject to hydrolysis) is 1. The number of carbonyl (C=O) groups is 6. The number of ketones is 1. The fourth-order valence-electron chi connectivity index (χ4n) is 10.6. The van der Waals surface area contributed by atoms with Crippen molar-refractivity contribution in [3.63, 3.8) is 0 Å². The highest BCUT2D eigenvalue weighted by Gasteiger charge is 2.83. The number of rotatable bonds is 11. The number of aliphatic hydroxyl groups is 2. The average molecular weight is 870 g/mol. The lowest BCUT2D eigenvalue weighted by atomic mass is 9.44. The number of esters is 3. The van der Waals surface area contributed by atoms with Gasteiger partial charge in [-0.1, -0.05) is 45.9 Å². The summed E-state index contributed by atoms with van der Waals surface area (Å²) in [5.74, 6) is -5.21. The Hall–Kier alpha value is -4.74. The van der Waals surface area contributed by atoms with Crippen LogP contribution in [0.3, 0.4) is 0 Å². The number of ether oxygens (including phenoxy) is 8. The van der Waals surface area contributed by atoms with Crippen LogP contribution >= 0.6 is 0 Å². The van der Waals surface area contributed by atoms with Crippen LogP contribution in [0.4, 0.5) is 9.59 Å². The van der Waals surface area contributed by atoms with E-state index in [0.717, 1.165) is 0 Å². The van der Waals surface area contributed by atoms with Crippen molar-refractivity contribution >= 4 is 35.9 Å². The Labute approximate surface area is 360 Å². The topological polar surface area (TPSA) is 229 Å². The molecular weight excluding hydrogens is 810 g/mol. The van der Waals surface area contributed by atoms with Crippen LogP contribution in [-0.4, -0.2) is 118 Å². The number of Topliss-reactive ketones (excluding diaryl/α,β-unsaturated/α-hetero) is 1. The fraction of sp³-hybridized carbons (Fsp3) is 0.689. The zero-order valence-corrected chi connectivity index (χ0v) is 36.9. The van der Waals surface area contributed by atoms with Crippen molar-refractivity contribution in [3.8, 4) is 5.75 Å². The van der Waals surface area contributed by atoms with E-state index in [-0.39, 0.29) is 42.3 Å². The molecule has 3 N–H and O–H groups in total. The van der Waals surface area contributed by atoms with Gasteiger partial charge in [0.2, 0.25) is 5.60 Å². The number of hydrogen-bond donors (Lipinski definition) is 3. The number of hydrogen-bond acceptors (Lipinski definition) is 16. The molecule has 62 heavy (non-hydrogen) atoms. The minimum Gasteiger partial charge on any atom is -0.486 e. The molecule has 1 aromatic rings. The van der Waals surface area contributed by atoms with E-state index in [1.165, 1.54) is 20.8 Å². The lowest BCUT2D eigenvalue weighted by Gasteiger charge is -2.67. The molecule has 0 radical (unpaired) electrons. The van der Waals surface area contributed by atoms with Gasteiger partial charge in [-0.2, -0.15) is 0 Å². The van der Waals surface area contributed by atoms with E-state index >= 15 is 4.79 Å². The van der Waals surface area contributed by atoms with Crippen LogP contribution in [-0.2, 0) is 52.3 Å². The maximum Gasteiger partial charge on any atom is 0.509 e. The average Bonchev–Trinajstić information content (AvgIpc) is 3.96. The molecule has 6 aliphatic rings. The molecule has 0 aromatic heterocycles. The maximum atomic E-state index is 15.8. The second-order valence-corrected chi connectivity index (χ2v) is 19.8. The summed E-state index contributed by atoms with van der Waals surface area (Å²) in [5, 5.41) is 26.5. The summed E-state index contributed by atoms with van der Waals surface area (Å²) in [6.07, 6.45) is -12.1. The monoisotopic (exact) mass is 869 g/mol. The summed E-state index contributed by atoms with van der Waals surface area (Å²) in [7, 11) is 0. The van der Waals surface area contributed by atoms with Crippen molar-refractivity contribution in [1.29, 1.82) is 0 Å². The molecule has 1 amide bonds. The van der Waals surface area contributed by atoms with E-state index in [1.54, 1.807) is 65.0 Å². The van der Waals surface area contributed by atoms with Gasteiger partial charge in [-0.05, 0) is 83.1 Å². The Balaban J connectivity index is 1.45. The Morgan fingerprint density at radius 3 is 2.24 bits per heavy atom. The van der Waals surface area contributed by atoms with Crippen molar-refractivity contribution < 1.29 is 76.9 Å². The normalized spacial score (nSPS) is 35.5. The van der Waals surface area contributed by atoms with E-state index in [2.05, 4.69) is 5.32 Å². The first-order chi connectivity index (χ1) is 28.9. The fourth-order valence-corrected chi connectivity index (χ4v) is 10.6. The standard InChI is InChI=1S/C45H59NO16/c1-21(2)18-26(46-39(53)61-41(5,6)7)30(49)38(52)57-31-22(3)29-32(58-37(51)24-16-17-24)34(50)43(10)27(48)19-28-44(20-55-28,60-23(4)47)33(43)36(56-25-14-12-11-13-15-25)45(42(29,8)9)35(31)59-40(54)62-45/h11-15,21,24,26-28,30-33,35-36,48-49H,16-20H2,1-10H3,(H,46,53)/t26-,27-,28?,30+,31+,32+,33?,35-,36-,43+,44-,45+/m0/s1. The molecule has 17 nitrogen and oxygen atoms in total. The highest BCUT2D eigenvalue weighted by atomic mass is 16.8. The lowest BCUT2D eigenvalue weighted by molar-refractivity contribution is -0.343. The zero-order chi connectivity index (χ0) is 45.5. The summed E-state index contributed by atoms with van der Waals surface area (Å²) in [4.78, 5) is 84.1. The van der Waals surface area contributed by atoms with Gasteiger partial charge in [-0.3, -0.25) is 14.4 Å². The van der Waals surface area contributed by atoms with Gasteiger partial charge in [-0.15, -0.1) is 0 Å². The van der Waals surface area contributed by atoms with Crippen molar-refractivity contribution in [2.24, 2.45) is 28.6 Å². The SMILES string of the molecule is CC(=O)O[C@@]12COC1C[C@H](O)[C@@]1(C)C(=O)[C@H](OC(=O)C3CC3)C3=C(C)[C@@H](OC(=O)[C@H](O)[C@H](CC(C)C)NC(=O)OC(C)(C)C)[C@@H]4OC(=O)O[C@]4([C@@H](Oc4ccccc4)C21)C3(C)C. The molecule has 2 unspecified atom stereocenters. The number of nitrogens with one attached hydrogen (secondary N) is 1. The third-order valence-corrected chi connectivity index (χ3v) is 13.6. The molecule has 7 rings (SSSR count). The van der Waals surface area contributed by atoms with E-state index in [4.69, 9.17) is 37.9 Å². The Bertz CT molecular complexity index is 2020. The van der Waals surface area contributed by atoms with E-state index in [0.29, 0.717) is 12.8 Å². The van der Waals surface area contributed by atoms with E-state index < -0.39 is 124 Å². The highest BCUT2D eigenvalue weighted by molar-refractivity contribution is 5.96. The molecule has 2 bridgehead atoms. The summed E-state index contributed by atoms with van der Waals surface area (Å²) in [5.41, 5.74) is -8.05. The quantitative estimate of drug-likeness (QED) is 0.160. The maximum absolute atomic E-state index is 15.8. The smallest absolute Gasteiger partial charge is 0.486 e. The molecule has 1 spiro atoms. The van der Waals surface area contributed by atoms with Crippen LogP contribution in [0.15, 0.2) is 41.5 Å². The molecular formula is C45H59NO16. The molecule has 2 aliphatic heterocycles. The first-order valence-electron chi connectivity index (χ1n) is 21.3. The van der Waals surface area contributed by atoms with Crippen LogP contribution in [0.2, 0.25) is 0 Å². The molecule has 2 saturated heterocycles. The number of carbonyl (C=O) groups excluding carboxylic acids is 6. The summed E-state index contributed by atoms with van der Waals surface area (Å²) in [6, 6.07) is 7.19. The first-order valence-corrected chi connectivity index (χ1v) is 21.3. The van der Waals surface area contributed by atoms with E-state index in [1.807, 2.05) is 13.8 Å². The zero-order valence-electron chi connectivity index (χ0n) is 36.9. The third kappa shape index (κ3) is 7.40. The number of fused-ring (bicyclic) bond motifs is 4. The summed E-state index contributed by atoms with van der Waals surface area (Å²) < 4.78 is 49.5. The molecule has 17 heteroatoms. The van der Waals surface area contributed by atoms with Gasteiger partial charge in [-0.25, -0.2) is 14.4 Å². The second kappa shape index (κ2) is 15.8. The summed E-state index contributed by atoms with van der Waals surface area (Å²) >= 11 is 0. The van der Waals surface area contributed by atoms with Crippen molar-refractivity contribution in [2.75, 3.05) is 6.61 Å². The van der Waals surface area contributed by atoms with Crippen LogP contribution in [0.5, 0.6) is 5.75 Å². The lowest BCUT2D eigenvalue weighted by Crippen LogP contribution is -2.83. The van der Waals surface area contributed by atoms with Crippen LogP contribution < -0.4 is 10.1 Å². The number of aliphatic hydroxyl groups excluding tert-OH is 2. The number of para-hydroxylation sites is 1. The molecule has 2 heterocycles. The van der Waals surface area contributed by atoms with Gasteiger partial charge in [0.05, 0.1) is 36.0 Å². The van der Waals surface area contributed by atoms with Gasteiger partial charge in [0.1, 0.15) is 17.5 Å². The Morgan fingerprint density at radius 1 is 1.02 bits per heavy atom. The number of amides is 1. The van der Waals surface area contributed by atoms with Gasteiger partial charge in [0.25, 0.3) is 0 Å². The molecule has 12 atom stereocenters. The Morgan fingerprint density at radius 2 is 1.68 bits per heavy atom. The van der Waals surface area contributed by atoms with Crippen molar-refractivity contribution in [3.05, 3.63) is 41.5 Å². The minimum atomic E-state index is -2.14. The molecule has 4 aliphatic carbocycles. The van der Waals surface area contributed by atoms with Crippen LogP contribution in [0.1, 0.15) is 94.9 Å². The van der Waals surface area contributed by atoms with Crippen LogP contribution in [0, 0.1) is 28.6 Å². The third-order valence-electron chi connectivity index (χ3n) is 13.6. The van der Waals surface area contributed by atoms with Gasteiger partial charge < -0.3 is 53.4 Å².